The first-order chi connectivity index (χ1) is 12.9. The van der Waals surface area contributed by atoms with E-state index in [4.69, 9.17) is 5.14 Å². The zero-order valence-electron chi connectivity index (χ0n) is 14.4. The van der Waals surface area contributed by atoms with Gasteiger partial charge in [-0.15, -0.1) is 0 Å². The highest BCUT2D eigenvalue weighted by atomic mass is 32.2. The van der Waals surface area contributed by atoms with Crippen LogP contribution in [0.2, 0.25) is 0 Å². The lowest BCUT2D eigenvalue weighted by Gasteiger charge is -2.11. The van der Waals surface area contributed by atoms with Gasteiger partial charge in [0, 0.05) is 24.3 Å². The predicted molar refractivity (Wildman–Crippen MR) is 107 cm³/mol. The molecule has 0 unspecified atom stereocenters. The van der Waals surface area contributed by atoms with Crippen molar-refractivity contribution < 1.29 is 13.2 Å². The standard InChI is InChI=1S/C18H18N4O3S2/c19-27(24,25)14-6-3-12(4-7-14)17(23)20-13-5-8-15-16(11-13)26-18(21-15)22-9-1-2-10-22/h3-8,11H,1-2,9-10H2,(H,20,23)(H2,19,24,25). The SMILES string of the molecule is NS(=O)(=O)c1ccc(C(=O)Nc2ccc3nc(N4CCCC4)sc3c2)cc1. The van der Waals surface area contributed by atoms with Crippen LogP contribution in [0.15, 0.2) is 47.4 Å². The van der Waals surface area contributed by atoms with Crippen LogP contribution in [0.4, 0.5) is 10.8 Å². The molecule has 2 heterocycles. The summed E-state index contributed by atoms with van der Waals surface area (Å²) in [5.41, 5.74) is 1.93. The molecule has 1 saturated heterocycles. The second-order valence-corrected chi connectivity index (χ2v) is 8.97. The third-order valence-corrected chi connectivity index (χ3v) is 6.46. The van der Waals surface area contributed by atoms with E-state index >= 15 is 0 Å². The fourth-order valence-electron chi connectivity index (χ4n) is 3.03. The number of amides is 1. The molecule has 0 aliphatic carbocycles. The highest BCUT2D eigenvalue weighted by Gasteiger charge is 2.17. The molecular formula is C18H18N4O3S2. The lowest BCUT2D eigenvalue weighted by molar-refractivity contribution is 0.102. The van der Waals surface area contributed by atoms with Gasteiger partial charge < -0.3 is 10.2 Å². The number of hydrogen-bond acceptors (Lipinski definition) is 6. The summed E-state index contributed by atoms with van der Waals surface area (Å²) in [4.78, 5) is 19.3. The number of anilines is 2. The molecule has 0 bridgehead atoms. The Morgan fingerprint density at radius 1 is 1.11 bits per heavy atom. The summed E-state index contributed by atoms with van der Waals surface area (Å²) in [5, 5.41) is 8.92. The molecule has 4 rings (SSSR count). The Kier molecular flexibility index (Phi) is 4.58. The number of primary sulfonamides is 1. The van der Waals surface area contributed by atoms with Crippen LogP contribution in [0.3, 0.4) is 0 Å². The van der Waals surface area contributed by atoms with Gasteiger partial charge in [0.05, 0.1) is 15.1 Å². The van der Waals surface area contributed by atoms with Crippen LogP contribution in [0.5, 0.6) is 0 Å². The quantitative estimate of drug-likeness (QED) is 0.698. The van der Waals surface area contributed by atoms with E-state index in [1.54, 1.807) is 11.3 Å². The molecule has 27 heavy (non-hydrogen) atoms. The first kappa shape index (κ1) is 17.9. The maximum absolute atomic E-state index is 12.4. The average molecular weight is 403 g/mol. The third-order valence-electron chi connectivity index (χ3n) is 4.46. The third kappa shape index (κ3) is 3.80. The average Bonchev–Trinajstić information content (AvgIpc) is 3.30. The molecule has 1 amide bonds. The van der Waals surface area contributed by atoms with Crippen LogP contribution in [0.1, 0.15) is 23.2 Å². The zero-order valence-corrected chi connectivity index (χ0v) is 16.0. The largest absolute Gasteiger partial charge is 0.348 e. The molecule has 2 aromatic carbocycles. The number of carbonyl (C=O) groups excluding carboxylic acids is 1. The number of nitrogens with zero attached hydrogens (tertiary/aromatic N) is 2. The van der Waals surface area contributed by atoms with Crippen molar-refractivity contribution in [1.29, 1.82) is 0 Å². The summed E-state index contributed by atoms with van der Waals surface area (Å²) in [6.45, 7) is 2.08. The van der Waals surface area contributed by atoms with E-state index in [9.17, 15) is 13.2 Å². The number of sulfonamides is 1. The molecule has 0 radical (unpaired) electrons. The Bertz CT molecular complexity index is 1100. The molecule has 1 aromatic heterocycles. The first-order valence-electron chi connectivity index (χ1n) is 8.50. The van der Waals surface area contributed by atoms with Gasteiger partial charge >= 0.3 is 0 Å². The van der Waals surface area contributed by atoms with Crippen LogP contribution in [-0.4, -0.2) is 32.4 Å². The smallest absolute Gasteiger partial charge is 0.255 e. The van der Waals surface area contributed by atoms with Crippen molar-refractivity contribution in [2.45, 2.75) is 17.7 Å². The summed E-state index contributed by atoms with van der Waals surface area (Å²) in [7, 11) is -3.77. The minimum Gasteiger partial charge on any atom is -0.348 e. The van der Waals surface area contributed by atoms with E-state index in [2.05, 4.69) is 15.2 Å². The van der Waals surface area contributed by atoms with Crippen LogP contribution >= 0.6 is 11.3 Å². The molecule has 7 nitrogen and oxygen atoms in total. The fourth-order valence-corrected chi connectivity index (χ4v) is 4.61. The molecule has 1 fully saturated rings. The molecular weight excluding hydrogens is 384 g/mol. The van der Waals surface area contributed by atoms with Crippen molar-refractivity contribution in [3.63, 3.8) is 0 Å². The molecule has 3 N–H and O–H groups in total. The van der Waals surface area contributed by atoms with Gasteiger partial charge in [-0.2, -0.15) is 0 Å². The summed E-state index contributed by atoms with van der Waals surface area (Å²) in [5.74, 6) is -0.320. The van der Waals surface area contributed by atoms with Crippen LogP contribution < -0.4 is 15.4 Å². The topological polar surface area (TPSA) is 105 Å². The Labute approximate surface area is 160 Å². The molecule has 0 spiro atoms. The summed E-state index contributed by atoms with van der Waals surface area (Å²) >= 11 is 1.62. The van der Waals surface area contributed by atoms with E-state index in [1.807, 2.05) is 18.2 Å². The zero-order chi connectivity index (χ0) is 19.0. The number of benzene rings is 2. The number of hydrogen-bond donors (Lipinski definition) is 2. The van der Waals surface area contributed by atoms with Crippen LogP contribution in [-0.2, 0) is 10.0 Å². The van der Waals surface area contributed by atoms with Crippen LogP contribution in [0, 0.1) is 0 Å². The lowest BCUT2D eigenvalue weighted by Crippen LogP contribution is -2.16. The van der Waals surface area contributed by atoms with Gasteiger partial charge in [0.1, 0.15) is 0 Å². The maximum atomic E-state index is 12.4. The summed E-state index contributed by atoms with van der Waals surface area (Å²) in [6, 6.07) is 11.1. The minimum atomic E-state index is -3.77. The van der Waals surface area contributed by atoms with Gasteiger partial charge in [-0.05, 0) is 55.3 Å². The molecule has 140 valence electrons. The fraction of sp³-hybridized carbons (Fsp3) is 0.222. The molecule has 3 aromatic rings. The minimum absolute atomic E-state index is 0.0282. The van der Waals surface area contributed by atoms with Gasteiger partial charge in [0.25, 0.3) is 5.91 Å². The molecule has 1 aliphatic rings. The number of rotatable bonds is 4. The lowest BCUT2D eigenvalue weighted by atomic mass is 10.2. The van der Waals surface area contributed by atoms with Crippen LogP contribution in [0.25, 0.3) is 10.2 Å². The molecule has 9 heteroatoms. The number of fused-ring (bicyclic) bond motifs is 1. The number of thiazole rings is 1. The Morgan fingerprint density at radius 3 is 2.48 bits per heavy atom. The Morgan fingerprint density at radius 2 is 1.81 bits per heavy atom. The van der Waals surface area contributed by atoms with Gasteiger partial charge in [-0.1, -0.05) is 11.3 Å². The maximum Gasteiger partial charge on any atom is 0.255 e. The van der Waals surface area contributed by atoms with Crippen molar-refractivity contribution in [3.8, 4) is 0 Å². The first-order valence-corrected chi connectivity index (χ1v) is 10.9. The van der Waals surface area contributed by atoms with E-state index < -0.39 is 10.0 Å². The predicted octanol–water partition coefficient (Wildman–Crippen LogP) is 2.80. The Hall–Kier alpha value is -2.49. The number of nitrogens with two attached hydrogens (primary N) is 1. The van der Waals surface area contributed by atoms with Crippen molar-refractivity contribution in [2.24, 2.45) is 5.14 Å². The Balaban J connectivity index is 1.53. The van der Waals surface area contributed by atoms with E-state index in [1.165, 1.54) is 37.1 Å². The summed E-state index contributed by atoms with van der Waals surface area (Å²) < 4.78 is 23.6. The van der Waals surface area contributed by atoms with E-state index in [0.29, 0.717) is 11.3 Å². The van der Waals surface area contributed by atoms with Crippen molar-refractivity contribution in [3.05, 3.63) is 48.0 Å². The monoisotopic (exact) mass is 402 g/mol. The van der Waals surface area contributed by atoms with Crippen molar-refractivity contribution >= 4 is 48.3 Å². The number of nitrogens with one attached hydrogen (secondary N) is 1. The van der Waals surface area contributed by atoms with E-state index in [0.717, 1.165) is 28.4 Å². The highest BCUT2D eigenvalue weighted by molar-refractivity contribution is 7.89. The van der Waals surface area contributed by atoms with Gasteiger partial charge in [0.15, 0.2) is 5.13 Å². The second-order valence-electron chi connectivity index (χ2n) is 6.40. The van der Waals surface area contributed by atoms with Crippen molar-refractivity contribution in [2.75, 3.05) is 23.3 Å². The second kappa shape index (κ2) is 6.91. The molecule has 0 saturated carbocycles. The highest BCUT2D eigenvalue weighted by Crippen LogP contribution is 2.32. The van der Waals surface area contributed by atoms with Gasteiger partial charge in [0.2, 0.25) is 10.0 Å². The summed E-state index contributed by atoms with van der Waals surface area (Å²) in [6.07, 6.45) is 2.39. The normalized spacial score (nSPS) is 14.6. The van der Waals surface area contributed by atoms with Crippen molar-refractivity contribution in [1.82, 2.24) is 4.98 Å². The van der Waals surface area contributed by atoms with Gasteiger partial charge in [-0.3, -0.25) is 4.79 Å². The molecule has 0 atom stereocenters. The van der Waals surface area contributed by atoms with E-state index in [-0.39, 0.29) is 10.8 Å². The number of aromatic nitrogens is 1. The molecule has 1 aliphatic heterocycles. The van der Waals surface area contributed by atoms with Gasteiger partial charge in [-0.25, -0.2) is 18.5 Å². The number of carbonyl (C=O) groups is 1.